The van der Waals surface area contributed by atoms with Crippen LogP contribution in [0.25, 0.3) is 0 Å². The van der Waals surface area contributed by atoms with Crippen LogP contribution in [0.5, 0.6) is 5.75 Å². The van der Waals surface area contributed by atoms with Gasteiger partial charge in [0.25, 0.3) is 0 Å². The highest BCUT2D eigenvalue weighted by molar-refractivity contribution is 5.91. The fraction of sp³-hybridized carbons (Fsp3) is 0.714. The van der Waals surface area contributed by atoms with Gasteiger partial charge in [-0.25, -0.2) is 0 Å². The van der Waals surface area contributed by atoms with Gasteiger partial charge in [0.1, 0.15) is 5.75 Å². The standard InChI is InChI=1S/C35H50O5/c1-5-39-31(37)10-7-21-40-28-13-11-24(12-14-28)8-6-9-25-22-26-23-27(36)15-18-33(26,2)29-16-19-34(3)30(32(25)29)17-20-35(34,4)38/h11-14,23,25,29-30,32,38H,5-10,15-22H2,1-4H3/t25?,29?,30?,32?,33-,34-,35-/m0/s1. The van der Waals surface area contributed by atoms with E-state index in [1.165, 1.54) is 24.0 Å². The topological polar surface area (TPSA) is 72.8 Å². The number of fused-ring (bicyclic) bond motifs is 5. The summed E-state index contributed by atoms with van der Waals surface area (Å²) in [6.45, 7) is 9.66. The number of aryl methyl sites for hydroxylation is 1. The Kier molecular flexibility index (Phi) is 8.53. The van der Waals surface area contributed by atoms with Crippen molar-refractivity contribution < 1.29 is 24.2 Å². The molecule has 5 heteroatoms. The van der Waals surface area contributed by atoms with Crippen molar-refractivity contribution in [3.8, 4) is 5.75 Å². The smallest absolute Gasteiger partial charge is 0.305 e. The predicted octanol–water partition coefficient (Wildman–Crippen LogP) is 7.24. The van der Waals surface area contributed by atoms with Crippen molar-refractivity contribution in [3.63, 3.8) is 0 Å². The molecule has 7 atom stereocenters. The SMILES string of the molecule is CCOC(=O)CCCOc1ccc(CCCC2CC3=CC(=O)CC[C@]3(C)C3CC[C@@]4(C)C(CC[C@]4(C)O)C23)cc1. The Hall–Kier alpha value is -2.14. The number of ketones is 1. The van der Waals surface area contributed by atoms with E-state index in [0.29, 0.717) is 61.9 Å². The molecule has 5 nitrogen and oxygen atoms in total. The minimum atomic E-state index is -0.574. The zero-order valence-electron chi connectivity index (χ0n) is 25.2. The quantitative estimate of drug-likeness (QED) is 0.246. The molecule has 1 aromatic rings. The van der Waals surface area contributed by atoms with Crippen LogP contribution in [0.3, 0.4) is 0 Å². The van der Waals surface area contributed by atoms with Crippen molar-refractivity contribution in [2.24, 2.45) is 34.5 Å². The maximum atomic E-state index is 12.5. The van der Waals surface area contributed by atoms with E-state index in [-0.39, 0.29) is 16.8 Å². The van der Waals surface area contributed by atoms with Crippen molar-refractivity contribution in [3.05, 3.63) is 41.5 Å². The summed E-state index contributed by atoms with van der Waals surface area (Å²) in [7, 11) is 0. The molecule has 4 aliphatic carbocycles. The Morgan fingerprint density at radius 2 is 1.77 bits per heavy atom. The minimum Gasteiger partial charge on any atom is -0.494 e. The van der Waals surface area contributed by atoms with E-state index in [4.69, 9.17) is 9.47 Å². The molecule has 0 heterocycles. The summed E-state index contributed by atoms with van der Waals surface area (Å²) in [5, 5.41) is 11.4. The molecule has 1 aromatic carbocycles. The maximum absolute atomic E-state index is 12.5. The summed E-state index contributed by atoms with van der Waals surface area (Å²) in [4.78, 5) is 24.0. The largest absolute Gasteiger partial charge is 0.494 e. The van der Waals surface area contributed by atoms with E-state index >= 15 is 0 Å². The van der Waals surface area contributed by atoms with Crippen LogP contribution < -0.4 is 4.74 Å². The fourth-order valence-corrected chi connectivity index (χ4v) is 9.20. The van der Waals surface area contributed by atoms with Gasteiger partial charge in [-0.3, -0.25) is 9.59 Å². The first-order valence-corrected chi connectivity index (χ1v) is 15.9. The van der Waals surface area contributed by atoms with Gasteiger partial charge in [0, 0.05) is 12.8 Å². The first kappa shape index (κ1) is 29.4. The van der Waals surface area contributed by atoms with Crippen molar-refractivity contribution in [1.29, 1.82) is 0 Å². The highest BCUT2D eigenvalue weighted by atomic mass is 16.5. The molecule has 4 aliphatic rings. The lowest BCUT2D eigenvalue weighted by Gasteiger charge is -2.61. The third kappa shape index (κ3) is 5.52. The molecular weight excluding hydrogens is 500 g/mol. The Balaban J connectivity index is 1.22. The predicted molar refractivity (Wildman–Crippen MR) is 157 cm³/mol. The van der Waals surface area contributed by atoms with Gasteiger partial charge >= 0.3 is 5.97 Å². The first-order valence-electron chi connectivity index (χ1n) is 15.9. The average molecular weight is 551 g/mol. The lowest BCUT2D eigenvalue weighted by atomic mass is 9.44. The second-order valence-corrected chi connectivity index (χ2v) is 13.9. The molecule has 0 radical (unpaired) electrons. The number of benzene rings is 1. The zero-order valence-corrected chi connectivity index (χ0v) is 25.2. The molecule has 0 spiro atoms. The van der Waals surface area contributed by atoms with Crippen LogP contribution in [0.15, 0.2) is 35.9 Å². The van der Waals surface area contributed by atoms with Crippen LogP contribution in [-0.4, -0.2) is 35.7 Å². The number of rotatable bonds is 10. The lowest BCUT2D eigenvalue weighted by molar-refractivity contribution is -0.143. The number of esters is 1. The fourth-order valence-electron chi connectivity index (χ4n) is 9.20. The monoisotopic (exact) mass is 550 g/mol. The Labute approximate surface area is 241 Å². The normalized spacial score (nSPS) is 36.7. The second kappa shape index (κ2) is 11.6. The van der Waals surface area contributed by atoms with Gasteiger partial charge in [-0.15, -0.1) is 0 Å². The van der Waals surface area contributed by atoms with E-state index in [2.05, 4.69) is 32.9 Å². The van der Waals surface area contributed by atoms with E-state index in [9.17, 15) is 14.7 Å². The van der Waals surface area contributed by atoms with Gasteiger partial charge in [0.05, 0.1) is 18.8 Å². The van der Waals surface area contributed by atoms with Crippen molar-refractivity contribution in [2.75, 3.05) is 13.2 Å². The molecule has 40 heavy (non-hydrogen) atoms. The number of hydrogen-bond donors (Lipinski definition) is 1. The number of hydrogen-bond acceptors (Lipinski definition) is 5. The van der Waals surface area contributed by atoms with Crippen molar-refractivity contribution in [2.45, 2.75) is 110 Å². The van der Waals surface area contributed by atoms with Gasteiger partial charge in [0.2, 0.25) is 0 Å². The first-order chi connectivity index (χ1) is 19.1. The molecule has 0 bridgehead atoms. The van der Waals surface area contributed by atoms with E-state index in [1.54, 1.807) is 0 Å². The molecule has 5 rings (SSSR count). The van der Waals surface area contributed by atoms with Gasteiger partial charge < -0.3 is 14.6 Å². The Bertz CT molecular complexity index is 1100. The van der Waals surface area contributed by atoms with E-state index in [0.717, 1.165) is 50.7 Å². The zero-order chi connectivity index (χ0) is 28.5. The molecule has 0 amide bonds. The molecule has 0 aromatic heterocycles. The van der Waals surface area contributed by atoms with Crippen molar-refractivity contribution in [1.82, 2.24) is 0 Å². The number of aliphatic hydroxyl groups is 1. The summed E-state index contributed by atoms with van der Waals surface area (Å²) in [6.07, 6.45) is 13.5. The molecule has 220 valence electrons. The molecular formula is C35H50O5. The van der Waals surface area contributed by atoms with Gasteiger partial charge in [0.15, 0.2) is 5.78 Å². The summed E-state index contributed by atoms with van der Waals surface area (Å²) in [5.41, 5.74) is 2.32. The highest BCUT2D eigenvalue weighted by Gasteiger charge is 2.64. The molecule has 3 saturated carbocycles. The minimum absolute atomic E-state index is 0.000620. The van der Waals surface area contributed by atoms with Crippen LogP contribution in [0.1, 0.15) is 104 Å². The van der Waals surface area contributed by atoms with Crippen LogP contribution in [0, 0.1) is 34.5 Å². The average Bonchev–Trinajstić information content (AvgIpc) is 3.17. The third-order valence-electron chi connectivity index (χ3n) is 11.8. The number of allylic oxidation sites excluding steroid dienone is 1. The number of carbonyl (C=O) groups excluding carboxylic acids is 2. The van der Waals surface area contributed by atoms with E-state index in [1.807, 2.05) is 25.1 Å². The maximum Gasteiger partial charge on any atom is 0.305 e. The van der Waals surface area contributed by atoms with E-state index < -0.39 is 5.60 Å². The van der Waals surface area contributed by atoms with Crippen LogP contribution >= 0.6 is 0 Å². The third-order valence-corrected chi connectivity index (χ3v) is 11.8. The second-order valence-electron chi connectivity index (χ2n) is 13.9. The Morgan fingerprint density at radius 1 is 1.02 bits per heavy atom. The van der Waals surface area contributed by atoms with Crippen LogP contribution in [0.2, 0.25) is 0 Å². The summed E-state index contributed by atoms with van der Waals surface area (Å²) >= 11 is 0. The summed E-state index contributed by atoms with van der Waals surface area (Å²) < 4.78 is 10.8. The lowest BCUT2D eigenvalue weighted by Crippen LogP contribution is -2.56. The summed E-state index contributed by atoms with van der Waals surface area (Å²) in [6, 6.07) is 8.39. The molecule has 1 N–H and O–H groups in total. The van der Waals surface area contributed by atoms with Crippen LogP contribution in [0.4, 0.5) is 0 Å². The molecule has 3 fully saturated rings. The molecule has 4 unspecified atom stereocenters. The highest BCUT2D eigenvalue weighted by Crippen LogP contribution is 2.69. The number of carbonyl (C=O) groups is 2. The van der Waals surface area contributed by atoms with Gasteiger partial charge in [-0.1, -0.05) is 31.6 Å². The van der Waals surface area contributed by atoms with Crippen LogP contribution in [-0.2, 0) is 20.7 Å². The van der Waals surface area contributed by atoms with Gasteiger partial charge in [-0.2, -0.15) is 0 Å². The van der Waals surface area contributed by atoms with Crippen molar-refractivity contribution >= 4 is 11.8 Å². The summed E-state index contributed by atoms with van der Waals surface area (Å²) in [5.74, 6) is 3.39. The number of ether oxygens (including phenoxy) is 2. The Morgan fingerprint density at radius 3 is 2.52 bits per heavy atom. The van der Waals surface area contributed by atoms with Gasteiger partial charge in [-0.05, 0) is 136 Å². The molecule has 0 saturated heterocycles. The molecule has 0 aliphatic heterocycles.